The quantitative estimate of drug-likeness (QED) is 0.816. The summed E-state index contributed by atoms with van der Waals surface area (Å²) in [7, 11) is 0. The Bertz CT molecular complexity index is 650. The number of ether oxygens (including phenoxy) is 2. The van der Waals surface area contributed by atoms with Crippen molar-refractivity contribution < 1.29 is 14.3 Å². The van der Waals surface area contributed by atoms with Crippen molar-refractivity contribution in [2.45, 2.75) is 6.42 Å². The predicted octanol–water partition coefficient (Wildman–Crippen LogP) is 1.51. The fourth-order valence-electron chi connectivity index (χ4n) is 1.99. The third-order valence-corrected chi connectivity index (χ3v) is 3.07. The molecule has 0 saturated carbocycles. The number of aromatic amines is 1. The molecule has 0 unspecified atom stereocenters. The molecule has 0 spiro atoms. The van der Waals surface area contributed by atoms with Crippen molar-refractivity contribution in [2.75, 3.05) is 13.3 Å². The molecule has 3 rings (SSSR count). The van der Waals surface area contributed by atoms with Crippen molar-refractivity contribution in [1.29, 1.82) is 0 Å². The smallest absolute Gasteiger partial charge is 0.244 e. The molecule has 0 aliphatic carbocycles. The first-order chi connectivity index (χ1) is 10.3. The van der Waals surface area contributed by atoms with Crippen LogP contribution in [-0.2, 0) is 11.2 Å². The van der Waals surface area contributed by atoms with E-state index in [4.69, 9.17) is 9.47 Å². The van der Waals surface area contributed by atoms with Crippen molar-refractivity contribution in [3.63, 3.8) is 0 Å². The van der Waals surface area contributed by atoms with E-state index in [1.807, 2.05) is 18.2 Å². The van der Waals surface area contributed by atoms with E-state index in [0.717, 1.165) is 23.4 Å². The third kappa shape index (κ3) is 3.42. The Kier molecular flexibility index (Phi) is 3.86. The van der Waals surface area contributed by atoms with Crippen molar-refractivity contribution in [3.8, 4) is 11.5 Å². The number of hydrogen-bond donors (Lipinski definition) is 2. The molecule has 6 heteroatoms. The van der Waals surface area contributed by atoms with E-state index in [0.29, 0.717) is 12.3 Å². The second-order valence-corrected chi connectivity index (χ2v) is 4.56. The number of H-pyrrole nitrogens is 1. The molecule has 0 atom stereocenters. The first-order valence-electron chi connectivity index (χ1n) is 6.64. The Balaban J connectivity index is 1.50. The number of fused-ring (bicyclic) bond motifs is 1. The van der Waals surface area contributed by atoms with E-state index in [-0.39, 0.29) is 12.7 Å². The van der Waals surface area contributed by atoms with Crippen molar-refractivity contribution in [3.05, 3.63) is 48.1 Å². The topological polar surface area (TPSA) is 76.2 Å². The Hall–Kier alpha value is -2.76. The van der Waals surface area contributed by atoms with Gasteiger partial charge in [-0.15, -0.1) is 0 Å². The first-order valence-corrected chi connectivity index (χ1v) is 6.64. The molecule has 1 aromatic heterocycles. The highest BCUT2D eigenvalue weighted by Crippen LogP contribution is 2.32. The summed E-state index contributed by atoms with van der Waals surface area (Å²) in [6.07, 6.45) is 7.34. The molecular formula is C15H15N3O3. The van der Waals surface area contributed by atoms with E-state index in [1.54, 1.807) is 18.6 Å². The van der Waals surface area contributed by atoms with Crippen LogP contribution < -0.4 is 14.8 Å². The number of benzene rings is 1. The largest absolute Gasteiger partial charge is 0.454 e. The zero-order valence-electron chi connectivity index (χ0n) is 11.3. The van der Waals surface area contributed by atoms with Crippen molar-refractivity contribution >= 4 is 12.0 Å². The summed E-state index contributed by atoms with van der Waals surface area (Å²) in [5.41, 5.74) is 1.89. The number of nitrogens with zero attached hydrogens (tertiary/aromatic N) is 1. The van der Waals surface area contributed by atoms with Crippen LogP contribution in [0.3, 0.4) is 0 Å². The summed E-state index contributed by atoms with van der Waals surface area (Å²) in [5.74, 6) is 1.31. The van der Waals surface area contributed by atoms with Gasteiger partial charge in [0.2, 0.25) is 12.7 Å². The van der Waals surface area contributed by atoms with Crippen LogP contribution in [0.2, 0.25) is 0 Å². The van der Waals surface area contributed by atoms with E-state index >= 15 is 0 Å². The number of amides is 1. The second-order valence-electron chi connectivity index (χ2n) is 4.56. The molecule has 0 radical (unpaired) electrons. The van der Waals surface area contributed by atoms with Crippen molar-refractivity contribution in [2.24, 2.45) is 0 Å². The lowest BCUT2D eigenvalue weighted by Crippen LogP contribution is -2.23. The molecule has 21 heavy (non-hydrogen) atoms. The average Bonchev–Trinajstić information content (AvgIpc) is 3.15. The number of imidazole rings is 1. The maximum absolute atomic E-state index is 11.7. The Morgan fingerprint density at radius 1 is 1.38 bits per heavy atom. The van der Waals surface area contributed by atoms with Gasteiger partial charge in [-0.05, 0) is 23.8 Å². The number of aromatic nitrogens is 2. The molecule has 2 N–H and O–H groups in total. The zero-order chi connectivity index (χ0) is 14.5. The monoisotopic (exact) mass is 285 g/mol. The van der Waals surface area contributed by atoms with E-state index in [2.05, 4.69) is 15.3 Å². The molecule has 1 aromatic carbocycles. The van der Waals surface area contributed by atoms with Gasteiger partial charge in [0, 0.05) is 30.9 Å². The molecule has 0 saturated heterocycles. The molecule has 0 bridgehead atoms. The molecule has 108 valence electrons. The van der Waals surface area contributed by atoms with Crippen LogP contribution in [-0.4, -0.2) is 29.2 Å². The van der Waals surface area contributed by atoms with Crippen LogP contribution in [0.25, 0.3) is 6.08 Å². The summed E-state index contributed by atoms with van der Waals surface area (Å²) in [4.78, 5) is 18.6. The van der Waals surface area contributed by atoms with Crippen LogP contribution >= 0.6 is 0 Å². The summed E-state index contributed by atoms with van der Waals surface area (Å²) in [6, 6.07) is 5.55. The highest BCUT2D eigenvalue weighted by molar-refractivity contribution is 5.91. The standard InChI is InChI=1S/C15H15N3O3/c19-15(17-6-5-12-8-16-9-18-12)4-2-11-1-3-13-14(7-11)21-10-20-13/h1-4,7-9H,5-6,10H2,(H,16,18)(H,17,19)/b4-2+. The summed E-state index contributed by atoms with van der Waals surface area (Å²) in [6.45, 7) is 0.809. The SMILES string of the molecule is O=C(/C=C/c1ccc2c(c1)OCO2)NCCc1cnc[nH]1. The number of rotatable bonds is 5. The van der Waals surface area contributed by atoms with Gasteiger partial charge in [0.15, 0.2) is 11.5 Å². The molecule has 0 fully saturated rings. The fourth-order valence-corrected chi connectivity index (χ4v) is 1.99. The maximum Gasteiger partial charge on any atom is 0.244 e. The number of hydrogen-bond acceptors (Lipinski definition) is 4. The van der Waals surface area contributed by atoms with Gasteiger partial charge in [-0.3, -0.25) is 4.79 Å². The zero-order valence-corrected chi connectivity index (χ0v) is 11.3. The fraction of sp³-hybridized carbons (Fsp3) is 0.200. The van der Waals surface area contributed by atoms with Crippen molar-refractivity contribution in [1.82, 2.24) is 15.3 Å². The summed E-state index contributed by atoms with van der Waals surface area (Å²) >= 11 is 0. The average molecular weight is 285 g/mol. The summed E-state index contributed by atoms with van der Waals surface area (Å²) in [5, 5.41) is 2.81. The first kappa shape index (κ1) is 13.2. The number of nitrogens with one attached hydrogen (secondary N) is 2. The molecular weight excluding hydrogens is 270 g/mol. The lowest BCUT2D eigenvalue weighted by Gasteiger charge is -2.00. The highest BCUT2D eigenvalue weighted by atomic mass is 16.7. The molecule has 6 nitrogen and oxygen atoms in total. The molecule has 1 amide bonds. The molecule has 1 aliphatic heterocycles. The maximum atomic E-state index is 11.7. The van der Waals surface area contributed by atoms with Gasteiger partial charge < -0.3 is 19.8 Å². The summed E-state index contributed by atoms with van der Waals surface area (Å²) < 4.78 is 10.5. The van der Waals surface area contributed by atoms with E-state index in [1.165, 1.54) is 6.08 Å². The minimum Gasteiger partial charge on any atom is -0.454 e. The van der Waals surface area contributed by atoms with Gasteiger partial charge in [0.25, 0.3) is 0 Å². The molecule has 2 heterocycles. The number of carbonyl (C=O) groups is 1. The Morgan fingerprint density at radius 3 is 3.14 bits per heavy atom. The van der Waals surface area contributed by atoms with Gasteiger partial charge in [0.05, 0.1) is 6.33 Å². The highest BCUT2D eigenvalue weighted by Gasteiger charge is 2.12. The Morgan fingerprint density at radius 2 is 2.29 bits per heavy atom. The van der Waals surface area contributed by atoms with E-state index in [9.17, 15) is 4.79 Å². The minimum absolute atomic E-state index is 0.132. The Labute approximate surface area is 121 Å². The van der Waals surface area contributed by atoms with Gasteiger partial charge in [0.1, 0.15) is 0 Å². The van der Waals surface area contributed by atoms with Crippen LogP contribution in [0.4, 0.5) is 0 Å². The lowest BCUT2D eigenvalue weighted by atomic mass is 10.2. The van der Waals surface area contributed by atoms with Crippen LogP contribution in [0, 0.1) is 0 Å². The van der Waals surface area contributed by atoms with Gasteiger partial charge in [-0.1, -0.05) is 6.07 Å². The van der Waals surface area contributed by atoms with Crippen LogP contribution in [0.5, 0.6) is 11.5 Å². The number of carbonyl (C=O) groups excluding carboxylic acids is 1. The van der Waals surface area contributed by atoms with Crippen LogP contribution in [0.15, 0.2) is 36.8 Å². The normalized spacial score (nSPS) is 12.8. The predicted molar refractivity (Wildman–Crippen MR) is 76.9 cm³/mol. The van der Waals surface area contributed by atoms with Gasteiger partial charge >= 0.3 is 0 Å². The van der Waals surface area contributed by atoms with Crippen LogP contribution in [0.1, 0.15) is 11.3 Å². The van der Waals surface area contributed by atoms with Gasteiger partial charge in [-0.25, -0.2) is 4.98 Å². The van der Waals surface area contributed by atoms with E-state index < -0.39 is 0 Å². The minimum atomic E-state index is -0.132. The lowest BCUT2D eigenvalue weighted by molar-refractivity contribution is -0.116. The van der Waals surface area contributed by atoms with Gasteiger partial charge in [-0.2, -0.15) is 0 Å². The third-order valence-electron chi connectivity index (χ3n) is 3.07. The molecule has 1 aliphatic rings. The molecule has 2 aromatic rings. The second kappa shape index (κ2) is 6.13.